The van der Waals surface area contributed by atoms with E-state index in [9.17, 15) is 0 Å². The number of benzene rings is 1. The van der Waals surface area contributed by atoms with Crippen molar-refractivity contribution in [1.82, 2.24) is 25.3 Å². The number of fused-ring (bicyclic) bond motifs is 1. The van der Waals surface area contributed by atoms with Gasteiger partial charge in [-0.3, -0.25) is 0 Å². The van der Waals surface area contributed by atoms with Crippen LogP contribution in [0.25, 0.3) is 16.9 Å². The summed E-state index contributed by atoms with van der Waals surface area (Å²) in [5.41, 5.74) is 3.09. The summed E-state index contributed by atoms with van der Waals surface area (Å²) >= 11 is 0. The summed E-state index contributed by atoms with van der Waals surface area (Å²) in [6.45, 7) is 7.25. The fourth-order valence-corrected chi connectivity index (χ4v) is 2.05. The predicted octanol–water partition coefficient (Wildman–Crippen LogP) is 2.70. The number of nitrogens with zero attached hydrogens (tertiary/aromatic N) is 4. The van der Waals surface area contributed by atoms with Crippen LogP contribution in [-0.2, 0) is 6.54 Å². The van der Waals surface area contributed by atoms with Crippen LogP contribution in [0, 0.1) is 0 Å². The molecule has 3 aromatic rings. The van der Waals surface area contributed by atoms with Crippen LogP contribution in [0.3, 0.4) is 0 Å². The molecule has 3 rings (SSSR count). The van der Waals surface area contributed by atoms with E-state index in [1.807, 2.05) is 36.5 Å². The van der Waals surface area contributed by atoms with E-state index in [-0.39, 0.29) is 5.54 Å². The Morgan fingerprint density at radius 3 is 2.62 bits per heavy atom. The van der Waals surface area contributed by atoms with E-state index in [1.165, 1.54) is 0 Å². The highest BCUT2D eigenvalue weighted by atomic mass is 15.4. The van der Waals surface area contributed by atoms with Crippen molar-refractivity contribution in [3.8, 4) is 5.82 Å². The van der Waals surface area contributed by atoms with E-state index in [1.54, 1.807) is 4.68 Å². The Morgan fingerprint density at radius 1 is 1.10 bits per heavy atom. The lowest BCUT2D eigenvalue weighted by Crippen LogP contribution is -2.35. The van der Waals surface area contributed by atoms with Gasteiger partial charge in [0.2, 0.25) is 0 Å². The molecule has 108 valence electrons. The van der Waals surface area contributed by atoms with Crippen LogP contribution < -0.4 is 5.32 Å². The van der Waals surface area contributed by atoms with Gasteiger partial charge in [-0.1, -0.05) is 23.4 Å². The minimum Gasteiger partial charge on any atom is -0.308 e. The third kappa shape index (κ3) is 3.08. The first kappa shape index (κ1) is 13.7. The van der Waals surface area contributed by atoms with Gasteiger partial charge in [0.1, 0.15) is 5.52 Å². The molecule has 0 aliphatic carbocycles. The normalized spacial score (nSPS) is 12.0. The van der Waals surface area contributed by atoms with E-state index < -0.39 is 0 Å². The van der Waals surface area contributed by atoms with E-state index in [0.717, 1.165) is 29.0 Å². The first-order valence-corrected chi connectivity index (χ1v) is 7.04. The lowest BCUT2D eigenvalue weighted by atomic mass is 10.1. The second-order valence-electron chi connectivity index (χ2n) is 6.12. The number of pyridine rings is 1. The smallest absolute Gasteiger partial charge is 0.155 e. The maximum Gasteiger partial charge on any atom is 0.155 e. The molecule has 0 radical (unpaired) electrons. The second kappa shape index (κ2) is 5.26. The summed E-state index contributed by atoms with van der Waals surface area (Å²) in [7, 11) is 0. The van der Waals surface area contributed by atoms with Gasteiger partial charge in [-0.05, 0) is 44.5 Å². The third-order valence-electron chi connectivity index (χ3n) is 3.20. The Morgan fingerprint density at radius 2 is 1.90 bits per heavy atom. The molecule has 0 amide bonds. The van der Waals surface area contributed by atoms with Crippen molar-refractivity contribution in [3.05, 3.63) is 48.2 Å². The summed E-state index contributed by atoms with van der Waals surface area (Å²) in [4.78, 5) is 4.49. The number of hydrogen-bond acceptors (Lipinski definition) is 4. The Hall–Kier alpha value is -2.27. The van der Waals surface area contributed by atoms with E-state index >= 15 is 0 Å². The standard InChI is InChI=1S/C16H19N5/c1-16(2,3)18-11-12-8-9-15(17-10-12)21-14-7-5-4-6-13(14)19-20-21/h4-10,18H,11H2,1-3H3. The summed E-state index contributed by atoms with van der Waals surface area (Å²) < 4.78 is 1.76. The molecule has 0 fully saturated rings. The highest BCUT2D eigenvalue weighted by molar-refractivity contribution is 5.75. The van der Waals surface area contributed by atoms with Crippen molar-refractivity contribution in [2.45, 2.75) is 32.9 Å². The van der Waals surface area contributed by atoms with Gasteiger partial charge in [0.25, 0.3) is 0 Å². The number of para-hydroxylation sites is 1. The molecule has 21 heavy (non-hydrogen) atoms. The molecule has 0 atom stereocenters. The van der Waals surface area contributed by atoms with Crippen molar-refractivity contribution < 1.29 is 0 Å². The van der Waals surface area contributed by atoms with Crippen molar-refractivity contribution in [3.63, 3.8) is 0 Å². The van der Waals surface area contributed by atoms with Gasteiger partial charge in [0.05, 0.1) is 5.52 Å². The lowest BCUT2D eigenvalue weighted by molar-refractivity contribution is 0.424. The van der Waals surface area contributed by atoms with Gasteiger partial charge in [0.15, 0.2) is 5.82 Å². The van der Waals surface area contributed by atoms with Gasteiger partial charge in [-0.25, -0.2) is 4.98 Å². The summed E-state index contributed by atoms with van der Waals surface area (Å²) in [5.74, 6) is 0.781. The van der Waals surface area contributed by atoms with Crippen LogP contribution in [0.5, 0.6) is 0 Å². The zero-order valence-corrected chi connectivity index (χ0v) is 12.5. The fraction of sp³-hybridized carbons (Fsp3) is 0.312. The quantitative estimate of drug-likeness (QED) is 0.802. The van der Waals surface area contributed by atoms with Crippen LogP contribution in [0.1, 0.15) is 26.3 Å². The maximum absolute atomic E-state index is 4.49. The van der Waals surface area contributed by atoms with E-state index in [2.05, 4.69) is 47.5 Å². The van der Waals surface area contributed by atoms with Crippen LogP contribution in [0.2, 0.25) is 0 Å². The predicted molar refractivity (Wildman–Crippen MR) is 83.3 cm³/mol. The van der Waals surface area contributed by atoms with Crippen molar-refractivity contribution in [2.24, 2.45) is 0 Å². The van der Waals surface area contributed by atoms with Gasteiger partial charge in [-0.15, -0.1) is 5.10 Å². The lowest BCUT2D eigenvalue weighted by Gasteiger charge is -2.20. The van der Waals surface area contributed by atoms with Gasteiger partial charge >= 0.3 is 0 Å². The second-order valence-corrected chi connectivity index (χ2v) is 6.12. The number of nitrogens with one attached hydrogen (secondary N) is 1. The maximum atomic E-state index is 4.49. The molecule has 2 heterocycles. The molecule has 0 aliphatic heterocycles. The van der Waals surface area contributed by atoms with Crippen molar-refractivity contribution in [1.29, 1.82) is 0 Å². The molecule has 0 aliphatic rings. The Bertz CT molecular complexity index is 737. The van der Waals surface area contributed by atoms with Gasteiger partial charge in [-0.2, -0.15) is 4.68 Å². The Kier molecular flexibility index (Phi) is 3.43. The minimum atomic E-state index is 0.0980. The molecule has 1 aromatic carbocycles. The SMILES string of the molecule is CC(C)(C)NCc1ccc(-n2nnc3ccccc32)nc1. The largest absolute Gasteiger partial charge is 0.308 e. The molecule has 0 saturated heterocycles. The first-order chi connectivity index (χ1) is 10.0. The molecule has 2 aromatic heterocycles. The molecular formula is C16H19N5. The van der Waals surface area contributed by atoms with Crippen LogP contribution >= 0.6 is 0 Å². The van der Waals surface area contributed by atoms with Gasteiger partial charge in [0, 0.05) is 18.3 Å². The number of aromatic nitrogens is 4. The summed E-state index contributed by atoms with van der Waals surface area (Å²) in [6.07, 6.45) is 1.88. The molecule has 1 N–H and O–H groups in total. The molecule has 5 heteroatoms. The van der Waals surface area contributed by atoms with Gasteiger partial charge < -0.3 is 5.32 Å². The number of rotatable bonds is 3. The molecule has 0 saturated carbocycles. The molecule has 5 nitrogen and oxygen atoms in total. The van der Waals surface area contributed by atoms with Crippen molar-refractivity contribution in [2.75, 3.05) is 0 Å². The van der Waals surface area contributed by atoms with E-state index in [0.29, 0.717) is 0 Å². The third-order valence-corrected chi connectivity index (χ3v) is 3.20. The average Bonchev–Trinajstić information content (AvgIpc) is 2.89. The molecule has 0 bridgehead atoms. The number of hydrogen-bond donors (Lipinski definition) is 1. The highest BCUT2D eigenvalue weighted by Gasteiger charge is 2.09. The highest BCUT2D eigenvalue weighted by Crippen LogP contribution is 2.14. The molecule has 0 unspecified atom stereocenters. The first-order valence-electron chi connectivity index (χ1n) is 7.04. The average molecular weight is 281 g/mol. The minimum absolute atomic E-state index is 0.0980. The van der Waals surface area contributed by atoms with E-state index in [4.69, 9.17) is 0 Å². The van der Waals surface area contributed by atoms with Crippen molar-refractivity contribution >= 4 is 11.0 Å². The molecular weight excluding hydrogens is 262 g/mol. The molecule has 0 spiro atoms. The summed E-state index contributed by atoms with van der Waals surface area (Å²) in [6, 6.07) is 11.9. The fourth-order valence-electron chi connectivity index (χ4n) is 2.05. The Labute approximate surface area is 124 Å². The topological polar surface area (TPSA) is 55.6 Å². The summed E-state index contributed by atoms with van der Waals surface area (Å²) in [5, 5.41) is 11.8. The van der Waals surface area contributed by atoms with Crippen LogP contribution in [0.15, 0.2) is 42.6 Å². The monoisotopic (exact) mass is 281 g/mol. The Balaban J connectivity index is 1.84. The van der Waals surface area contributed by atoms with Crippen LogP contribution in [-0.4, -0.2) is 25.5 Å². The van der Waals surface area contributed by atoms with Crippen LogP contribution in [0.4, 0.5) is 0 Å². The zero-order valence-electron chi connectivity index (χ0n) is 12.5. The zero-order chi connectivity index (χ0) is 14.9.